The van der Waals surface area contributed by atoms with E-state index in [1.165, 1.54) is 0 Å². The number of carbonyl (C=O) groups is 1. The zero-order valence-electron chi connectivity index (χ0n) is 24.2. The largest absolute Gasteiger partial charge is 0.377 e. The zero-order chi connectivity index (χ0) is 30.2. The number of nitrogens with zero attached hydrogens (tertiary/aromatic N) is 4. The lowest BCUT2D eigenvalue weighted by Gasteiger charge is -2.48. The summed E-state index contributed by atoms with van der Waals surface area (Å²) in [7, 11) is 0. The number of piperazine rings is 1. The summed E-state index contributed by atoms with van der Waals surface area (Å²) in [4.78, 5) is 48.3. The van der Waals surface area contributed by atoms with Gasteiger partial charge in [-0.05, 0) is 55.9 Å². The Labute approximate surface area is 260 Å². The fourth-order valence-electron chi connectivity index (χ4n) is 6.54. The van der Waals surface area contributed by atoms with Gasteiger partial charge in [0, 0.05) is 55.9 Å². The molecular formula is C31H37Cl2N7O3. The maximum Gasteiger partial charge on any atom is 0.253 e. The number of piperidine rings is 1. The summed E-state index contributed by atoms with van der Waals surface area (Å²) in [6, 6.07) is 9.70. The lowest BCUT2D eigenvalue weighted by molar-refractivity contribution is -0.124. The van der Waals surface area contributed by atoms with Crippen molar-refractivity contribution in [2.24, 2.45) is 5.73 Å². The van der Waals surface area contributed by atoms with Gasteiger partial charge in [0.2, 0.25) is 5.91 Å². The number of hydrogen-bond acceptors (Lipinski definition) is 9. The number of aromatic nitrogens is 1. The lowest BCUT2D eigenvalue weighted by Crippen LogP contribution is -2.59. The summed E-state index contributed by atoms with van der Waals surface area (Å²) in [6.45, 7) is 6.28. The smallest absolute Gasteiger partial charge is 0.253 e. The third kappa shape index (κ3) is 6.24. The Hall–Kier alpha value is -3.18. The van der Waals surface area contributed by atoms with Crippen LogP contribution in [0.5, 0.6) is 0 Å². The number of nitrogens with two attached hydrogens (primary N) is 1. The maximum atomic E-state index is 12.4. The molecule has 1 saturated carbocycles. The number of hydrogen-bond donors (Lipinski definition) is 3. The van der Waals surface area contributed by atoms with Crippen LogP contribution in [0.1, 0.15) is 50.6 Å². The van der Waals surface area contributed by atoms with Crippen molar-refractivity contribution in [2.45, 2.75) is 63.2 Å². The van der Waals surface area contributed by atoms with Crippen molar-refractivity contribution in [3.8, 4) is 0 Å². The summed E-state index contributed by atoms with van der Waals surface area (Å²) in [5.41, 5.74) is 6.93. The van der Waals surface area contributed by atoms with E-state index in [0.717, 1.165) is 70.4 Å². The Morgan fingerprint density at radius 3 is 2.35 bits per heavy atom. The van der Waals surface area contributed by atoms with Crippen LogP contribution in [-0.4, -0.2) is 71.5 Å². The number of primary amides is 1. The molecule has 6 rings (SSSR count). The predicted molar refractivity (Wildman–Crippen MR) is 172 cm³/mol. The van der Waals surface area contributed by atoms with Gasteiger partial charge in [-0.15, -0.1) is 0 Å². The molecule has 1 aromatic heterocycles. The highest BCUT2D eigenvalue weighted by Crippen LogP contribution is 2.34. The van der Waals surface area contributed by atoms with Gasteiger partial charge in [-0.3, -0.25) is 24.2 Å². The first kappa shape index (κ1) is 29.9. The minimum atomic E-state index is -0.522. The predicted octanol–water partition coefficient (Wildman–Crippen LogP) is 3.89. The van der Waals surface area contributed by atoms with Gasteiger partial charge in [0.05, 0.1) is 16.9 Å². The molecule has 43 heavy (non-hydrogen) atoms. The van der Waals surface area contributed by atoms with Crippen molar-refractivity contribution in [1.29, 1.82) is 0 Å². The van der Waals surface area contributed by atoms with Crippen molar-refractivity contribution >= 4 is 52.0 Å². The molecule has 2 atom stereocenters. The van der Waals surface area contributed by atoms with Gasteiger partial charge in [-0.25, -0.2) is 4.98 Å². The average molecular weight is 627 g/mol. The molecule has 3 aromatic rings. The molecule has 3 fully saturated rings. The normalized spacial score (nSPS) is 21.2. The van der Waals surface area contributed by atoms with Crippen LogP contribution < -0.4 is 32.1 Å². The third-order valence-corrected chi connectivity index (χ3v) is 9.54. The van der Waals surface area contributed by atoms with Crippen molar-refractivity contribution in [2.75, 3.05) is 48.3 Å². The van der Waals surface area contributed by atoms with E-state index in [1.807, 2.05) is 12.1 Å². The van der Waals surface area contributed by atoms with Gasteiger partial charge in [-0.1, -0.05) is 42.3 Å². The number of benzene rings is 1. The molecule has 10 nitrogen and oxygen atoms in total. The molecule has 4 N–H and O–H groups in total. The standard InChI is InChI=1S/C31H37Cl2N7O3/c1-2-22-17-39(31-24(33)15-21(16-35-31)37-26-25(28(41)29(26)42)36-20-7-8-20)13-14-40(22)23-9-11-38(12-10-23)27(30(34)43)18-3-5-19(32)6-4-18/h3-6,15-16,20,22-23,27,36-37H,2,7-14,17H2,1H3,(H2,34,43)/t22-,27-/m0/s1. The molecule has 2 aromatic carbocycles. The Bertz CT molecular complexity index is 1550. The Morgan fingerprint density at radius 2 is 1.72 bits per heavy atom. The van der Waals surface area contributed by atoms with Crippen LogP contribution in [0.3, 0.4) is 0 Å². The number of rotatable bonds is 10. The number of carbonyl (C=O) groups excluding carboxylic acids is 1. The van der Waals surface area contributed by atoms with E-state index >= 15 is 0 Å². The maximum absolute atomic E-state index is 12.4. The minimum Gasteiger partial charge on any atom is -0.377 e. The van der Waals surface area contributed by atoms with Crippen LogP contribution in [0.15, 0.2) is 46.1 Å². The van der Waals surface area contributed by atoms with Crippen molar-refractivity contribution in [3.63, 3.8) is 0 Å². The van der Waals surface area contributed by atoms with E-state index < -0.39 is 16.9 Å². The highest BCUT2D eigenvalue weighted by Gasteiger charge is 2.36. The minimum absolute atomic E-state index is 0.270. The second kappa shape index (κ2) is 12.4. The molecule has 0 spiro atoms. The summed E-state index contributed by atoms with van der Waals surface area (Å²) < 4.78 is 0. The average Bonchev–Trinajstić information content (AvgIpc) is 3.84. The molecule has 3 aliphatic rings. The van der Waals surface area contributed by atoms with Crippen LogP contribution in [-0.2, 0) is 4.79 Å². The molecule has 3 heterocycles. The highest BCUT2D eigenvalue weighted by molar-refractivity contribution is 6.33. The fourth-order valence-corrected chi connectivity index (χ4v) is 6.95. The molecule has 1 aliphatic carbocycles. The van der Waals surface area contributed by atoms with Crippen molar-refractivity contribution in [3.05, 3.63) is 72.6 Å². The van der Waals surface area contributed by atoms with Gasteiger partial charge >= 0.3 is 0 Å². The van der Waals surface area contributed by atoms with Crippen LogP contribution in [0.4, 0.5) is 22.9 Å². The highest BCUT2D eigenvalue weighted by atomic mass is 35.5. The van der Waals surface area contributed by atoms with Gasteiger partial charge in [0.25, 0.3) is 10.9 Å². The molecule has 1 amide bonds. The topological polar surface area (TPSA) is 124 Å². The fraction of sp³-hybridized carbons (Fsp3) is 0.484. The van der Waals surface area contributed by atoms with E-state index in [0.29, 0.717) is 39.3 Å². The van der Waals surface area contributed by atoms with E-state index in [-0.39, 0.29) is 17.6 Å². The first-order valence-electron chi connectivity index (χ1n) is 15.1. The molecule has 0 radical (unpaired) electrons. The zero-order valence-corrected chi connectivity index (χ0v) is 25.7. The van der Waals surface area contributed by atoms with Gasteiger partial charge < -0.3 is 21.3 Å². The number of nitrogens with one attached hydrogen (secondary N) is 2. The number of likely N-dealkylation sites (tertiary alicyclic amines) is 1. The first-order valence-corrected chi connectivity index (χ1v) is 15.8. The van der Waals surface area contributed by atoms with Gasteiger partial charge in [0.1, 0.15) is 23.2 Å². The number of halogens is 2. The number of anilines is 4. The number of pyridine rings is 1. The SMILES string of the molecule is CC[C@H]1CN(c2ncc(Nc3c(NC4CC4)c(=O)c3=O)cc2Cl)CCN1C1CCN([C@H](C(N)=O)c2ccc(Cl)cc2)CC1. The third-order valence-electron chi connectivity index (χ3n) is 9.01. The van der Waals surface area contributed by atoms with Crippen LogP contribution in [0.25, 0.3) is 0 Å². The molecule has 12 heteroatoms. The van der Waals surface area contributed by atoms with Crippen molar-refractivity contribution < 1.29 is 4.79 Å². The van der Waals surface area contributed by atoms with Crippen LogP contribution in [0.2, 0.25) is 10.0 Å². The molecule has 0 unspecified atom stereocenters. The molecule has 0 bridgehead atoms. The molecular weight excluding hydrogens is 589 g/mol. The van der Waals surface area contributed by atoms with Crippen molar-refractivity contribution in [1.82, 2.24) is 14.8 Å². The van der Waals surface area contributed by atoms with Crippen LogP contribution >= 0.6 is 23.2 Å². The van der Waals surface area contributed by atoms with E-state index in [9.17, 15) is 14.4 Å². The Morgan fingerprint density at radius 1 is 1.02 bits per heavy atom. The van der Waals surface area contributed by atoms with Gasteiger partial charge in [-0.2, -0.15) is 0 Å². The Balaban J connectivity index is 1.07. The Kier molecular flexibility index (Phi) is 8.64. The van der Waals surface area contributed by atoms with E-state index in [4.69, 9.17) is 28.9 Å². The number of amides is 1. The van der Waals surface area contributed by atoms with Crippen LogP contribution in [0, 0.1) is 0 Å². The summed E-state index contributed by atoms with van der Waals surface area (Å²) in [6.07, 6.45) is 6.59. The summed E-state index contributed by atoms with van der Waals surface area (Å²) >= 11 is 12.8. The monoisotopic (exact) mass is 625 g/mol. The van der Waals surface area contributed by atoms with E-state index in [1.54, 1.807) is 24.4 Å². The van der Waals surface area contributed by atoms with E-state index in [2.05, 4.69) is 37.2 Å². The quantitative estimate of drug-likeness (QED) is 0.288. The summed E-state index contributed by atoms with van der Waals surface area (Å²) in [5, 5.41) is 7.32. The first-order chi connectivity index (χ1) is 20.7. The molecule has 2 aliphatic heterocycles. The lowest BCUT2D eigenvalue weighted by atomic mass is 9.95. The molecule has 2 saturated heterocycles. The van der Waals surface area contributed by atoms with Gasteiger partial charge in [0.15, 0.2) is 0 Å². The molecule has 228 valence electrons. The second-order valence-electron chi connectivity index (χ2n) is 11.9. The second-order valence-corrected chi connectivity index (χ2v) is 12.7. The summed E-state index contributed by atoms with van der Waals surface area (Å²) in [5.74, 6) is 0.375.